The van der Waals surface area contributed by atoms with Gasteiger partial charge in [0.15, 0.2) is 0 Å². The summed E-state index contributed by atoms with van der Waals surface area (Å²) in [6, 6.07) is 3.07. The van der Waals surface area contributed by atoms with E-state index in [9.17, 15) is 18.0 Å². The van der Waals surface area contributed by atoms with E-state index < -0.39 is 23.2 Å². The molecule has 112 valence electrons. The van der Waals surface area contributed by atoms with Crippen LogP contribution in [0.1, 0.15) is 29.8 Å². The van der Waals surface area contributed by atoms with Crippen molar-refractivity contribution in [1.82, 2.24) is 5.32 Å². The van der Waals surface area contributed by atoms with Crippen LogP contribution < -0.4 is 11.1 Å². The smallest absolute Gasteiger partial charge is 0.348 e. The standard InChI is InChI=1S/C13H16BrF3N2O/c1-7(2)11(6-18)19-12(20)9-4-3-8(14)5-10(9)13(15,16)17/h3-5,7,11H,6,18H2,1-2H3,(H,19,20). The molecule has 0 heterocycles. The molecule has 1 atom stereocenters. The fraction of sp³-hybridized carbons (Fsp3) is 0.462. The van der Waals surface area contributed by atoms with Gasteiger partial charge in [-0.05, 0) is 24.1 Å². The number of alkyl halides is 3. The average molecular weight is 353 g/mol. The van der Waals surface area contributed by atoms with Crippen molar-refractivity contribution in [2.75, 3.05) is 6.54 Å². The summed E-state index contributed by atoms with van der Waals surface area (Å²) in [7, 11) is 0. The lowest BCUT2D eigenvalue weighted by Gasteiger charge is -2.21. The maximum Gasteiger partial charge on any atom is 0.417 e. The normalized spacial score (nSPS) is 13.4. The third-order valence-corrected chi connectivity index (χ3v) is 3.40. The van der Waals surface area contributed by atoms with E-state index in [4.69, 9.17) is 5.73 Å². The Bertz CT molecular complexity index is 489. The predicted molar refractivity (Wildman–Crippen MR) is 74.3 cm³/mol. The van der Waals surface area contributed by atoms with Crippen LogP contribution in [0.3, 0.4) is 0 Å². The van der Waals surface area contributed by atoms with Crippen molar-refractivity contribution in [3.8, 4) is 0 Å². The van der Waals surface area contributed by atoms with Crippen LogP contribution in [0.2, 0.25) is 0 Å². The van der Waals surface area contributed by atoms with Crippen LogP contribution in [-0.4, -0.2) is 18.5 Å². The molecule has 0 saturated heterocycles. The molecule has 3 nitrogen and oxygen atoms in total. The molecule has 0 radical (unpaired) electrons. The van der Waals surface area contributed by atoms with Crippen LogP contribution in [0.25, 0.3) is 0 Å². The molecule has 1 aromatic carbocycles. The van der Waals surface area contributed by atoms with Crippen molar-refractivity contribution in [2.45, 2.75) is 26.1 Å². The van der Waals surface area contributed by atoms with Crippen LogP contribution in [0.5, 0.6) is 0 Å². The molecule has 1 rings (SSSR count). The summed E-state index contributed by atoms with van der Waals surface area (Å²) in [5.41, 5.74) is 4.13. The molecule has 3 N–H and O–H groups in total. The molecule has 0 aromatic heterocycles. The number of nitrogens with one attached hydrogen (secondary N) is 1. The molecule has 0 fully saturated rings. The van der Waals surface area contributed by atoms with E-state index in [2.05, 4.69) is 21.2 Å². The molecule has 0 spiro atoms. The number of amides is 1. The van der Waals surface area contributed by atoms with E-state index in [1.165, 1.54) is 6.07 Å². The van der Waals surface area contributed by atoms with Gasteiger partial charge >= 0.3 is 6.18 Å². The number of carbonyl (C=O) groups excluding carboxylic acids is 1. The van der Waals surface area contributed by atoms with Crippen molar-refractivity contribution in [3.63, 3.8) is 0 Å². The lowest BCUT2D eigenvalue weighted by atomic mass is 10.0. The van der Waals surface area contributed by atoms with Gasteiger partial charge in [-0.1, -0.05) is 29.8 Å². The monoisotopic (exact) mass is 352 g/mol. The minimum atomic E-state index is -4.59. The zero-order valence-electron chi connectivity index (χ0n) is 11.1. The van der Waals surface area contributed by atoms with Gasteiger partial charge in [0.05, 0.1) is 11.1 Å². The summed E-state index contributed by atoms with van der Waals surface area (Å²) < 4.78 is 39.1. The van der Waals surface area contributed by atoms with Crippen molar-refractivity contribution < 1.29 is 18.0 Å². The number of halogens is 4. The number of carbonyl (C=O) groups is 1. The summed E-state index contributed by atoms with van der Waals surface area (Å²) in [6.45, 7) is 3.84. The largest absolute Gasteiger partial charge is 0.417 e. The van der Waals surface area contributed by atoms with Gasteiger partial charge in [-0.25, -0.2) is 0 Å². The highest BCUT2D eigenvalue weighted by molar-refractivity contribution is 9.10. The second-order valence-electron chi connectivity index (χ2n) is 4.75. The average Bonchev–Trinajstić information content (AvgIpc) is 2.34. The zero-order valence-corrected chi connectivity index (χ0v) is 12.7. The SMILES string of the molecule is CC(C)C(CN)NC(=O)c1ccc(Br)cc1C(F)(F)F. The molecular weight excluding hydrogens is 337 g/mol. The molecule has 0 aliphatic carbocycles. The van der Waals surface area contributed by atoms with Gasteiger partial charge in [0, 0.05) is 17.1 Å². The Labute approximate surface area is 123 Å². The van der Waals surface area contributed by atoms with E-state index in [0.717, 1.165) is 12.1 Å². The highest BCUT2D eigenvalue weighted by atomic mass is 79.9. The maximum absolute atomic E-state index is 12.9. The Morgan fingerprint density at radius 1 is 1.40 bits per heavy atom. The van der Waals surface area contributed by atoms with E-state index in [0.29, 0.717) is 0 Å². The minimum absolute atomic E-state index is 0.0359. The van der Waals surface area contributed by atoms with Crippen molar-refractivity contribution in [2.24, 2.45) is 11.7 Å². The number of hydrogen-bond acceptors (Lipinski definition) is 2. The van der Waals surface area contributed by atoms with E-state index in [-0.39, 0.29) is 23.0 Å². The Balaban J connectivity index is 3.10. The lowest BCUT2D eigenvalue weighted by Crippen LogP contribution is -2.44. The van der Waals surface area contributed by atoms with Gasteiger partial charge in [0.25, 0.3) is 5.91 Å². The molecule has 20 heavy (non-hydrogen) atoms. The Kier molecular flexibility index (Phi) is 5.59. The maximum atomic E-state index is 12.9. The van der Waals surface area contributed by atoms with E-state index >= 15 is 0 Å². The fourth-order valence-corrected chi connectivity index (χ4v) is 2.05. The first kappa shape index (κ1) is 17.0. The molecule has 0 bridgehead atoms. The number of nitrogens with two attached hydrogens (primary N) is 1. The molecule has 0 saturated carbocycles. The number of benzene rings is 1. The van der Waals surface area contributed by atoms with Gasteiger partial charge in [-0.2, -0.15) is 13.2 Å². The molecule has 1 unspecified atom stereocenters. The van der Waals surface area contributed by atoms with Crippen LogP contribution >= 0.6 is 15.9 Å². The third kappa shape index (κ3) is 4.21. The van der Waals surface area contributed by atoms with Crippen molar-refractivity contribution >= 4 is 21.8 Å². The molecule has 7 heteroatoms. The van der Waals surface area contributed by atoms with Gasteiger partial charge < -0.3 is 11.1 Å². The first-order chi connectivity index (χ1) is 9.16. The van der Waals surface area contributed by atoms with Crippen LogP contribution in [0.15, 0.2) is 22.7 Å². The predicted octanol–water partition coefficient (Wildman–Crippen LogP) is 3.18. The van der Waals surface area contributed by atoms with Crippen LogP contribution in [0.4, 0.5) is 13.2 Å². The minimum Gasteiger partial charge on any atom is -0.348 e. The Morgan fingerprint density at radius 3 is 2.45 bits per heavy atom. The van der Waals surface area contributed by atoms with Gasteiger partial charge in [0.1, 0.15) is 0 Å². The first-order valence-electron chi connectivity index (χ1n) is 6.04. The van der Waals surface area contributed by atoms with Crippen LogP contribution in [0, 0.1) is 5.92 Å². The molecular formula is C13H16BrF3N2O. The Morgan fingerprint density at radius 2 is 2.00 bits per heavy atom. The fourth-order valence-electron chi connectivity index (χ4n) is 1.69. The molecule has 0 aliphatic rings. The topological polar surface area (TPSA) is 55.1 Å². The highest BCUT2D eigenvalue weighted by Crippen LogP contribution is 2.33. The van der Waals surface area contributed by atoms with Crippen LogP contribution in [-0.2, 0) is 6.18 Å². The van der Waals surface area contributed by atoms with Gasteiger partial charge in [-0.15, -0.1) is 0 Å². The van der Waals surface area contributed by atoms with Gasteiger partial charge in [0.2, 0.25) is 0 Å². The van der Waals surface area contributed by atoms with E-state index in [1.54, 1.807) is 0 Å². The second-order valence-corrected chi connectivity index (χ2v) is 5.66. The van der Waals surface area contributed by atoms with Gasteiger partial charge in [-0.3, -0.25) is 4.79 Å². The van der Waals surface area contributed by atoms with Crippen molar-refractivity contribution in [1.29, 1.82) is 0 Å². The second kappa shape index (κ2) is 6.58. The first-order valence-corrected chi connectivity index (χ1v) is 6.83. The zero-order chi connectivity index (χ0) is 15.5. The summed E-state index contributed by atoms with van der Waals surface area (Å²) >= 11 is 2.97. The molecule has 0 aliphatic heterocycles. The quantitative estimate of drug-likeness (QED) is 0.874. The summed E-state index contributed by atoms with van der Waals surface area (Å²) in [4.78, 5) is 12.0. The number of hydrogen-bond donors (Lipinski definition) is 2. The summed E-state index contributed by atoms with van der Waals surface area (Å²) in [6.07, 6.45) is -4.59. The Hall–Kier alpha value is -1.08. The summed E-state index contributed by atoms with van der Waals surface area (Å²) in [5, 5.41) is 2.54. The third-order valence-electron chi connectivity index (χ3n) is 2.91. The van der Waals surface area contributed by atoms with Crippen molar-refractivity contribution in [3.05, 3.63) is 33.8 Å². The number of rotatable bonds is 4. The summed E-state index contributed by atoms with van der Waals surface area (Å²) in [5.74, 6) is -0.734. The molecule has 1 amide bonds. The highest BCUT2D eigenvalue weighted by Gasteiger charge is 2.35. The molecule has 1 aromatic rings. The van der Waals surface area contributed by atoms with E-state index in [1.807, 2.05) is 13.8 Å². The lowest BCUT2D eigenvalue weighted by molar-refractivity contribution is -0.138.